The largest absolute Gasteiger partial charge is 0.354 e. The molecule has 0 bridgehead atoms. The lowest BCUT2D eigenvalue weighted by atomic mass is 10.0. The summed E-state index contributed by atoms with van der Waals surface area (Å²) in [7, 11) is -4.04. The Morgan fingerprint density at radius 1 is 0.949 bits per heavy atom. The fourth-order valence-electron chi connectivity index (χ4n) is 4.72. The number of rotatable bonds is 11. The number of hydrogen-bond acceptors (Lipinski definition) is 5. The molecular weight excluding hydrogens is 514 g/mol. The third-order valence-electron chi connectivity index (χ3n) is 6.70. The van der Waals surface area contributed by atoms with E-state index < -0.39 is 27.9 Å². The zero-order chi connectivity index (χ0) is 28.0. The molecule has 0 aliphatic carbocycles. The van der Waals surface area contributed by atoms with Crippen molar-refractivity contribution in [1.82, 2.24) is 14.5 Å². The summed E-state index contributed by atoms with van der Waals surface area (Å²) in [6, 6.07) is 22.3. The van der Waals surface area contributed by atoms with Gasteiger partial charge in [-0.3, -0.25) is 14.4 Å². The van der Waals surface area contributed by atoms with Crippen LogP contribution in [0.3, 0.4) is 0 Å². The second-order valence-electron chi connectivity index (χ2n) is 9.64. The molecule has 0 saturated heterocycles. The zero-order valence-corrected chi connectivity index (χ0v) is 23.0. The first-order valence-corrected chi connectivity index (χ1v) is 14.5. The predicted octanol–water partition coefficient (Wildman–Crippen LogP) is 3.70. The molecule has 0 radical (unpaired) electrons. The van der Waals surface area contributed by atoms with E-state index in [4.69, 9.17) is 0 Å². The van der Waals surface area contributed by atoms with Crippen molar-refractivity contribution in [1.29, 1.82) is 0 Å². The topological polar surface area (TPSA) is 104 Å². The van der Waals surface area contributed by atoms with E-state index >= 15 is 0 Å². The van der Waals surface area contributed by atoms with Crippen LogP contribution in [0.1, 0.15) is 46.8 Å². The molecule has 1 atom stereocenters. The first-order valence-electron chi connectivity index (χ1n) is 13.0. The van der Waals surface area contributed by atoms with E-state index in [1.807, 2.05) is 68.4 Å². The highest BCUT2D eigenvalue weighted by Gasteiger charge is 2.41. The Balaban J connectivity index is 1.63. The second kappa shape index (κ2) is 12.3. The molecule has 3 aromatic rings. The van der Waals surface area contributed by atoms with Gasteiger partial charge >= 0.3 is 0 Å². The van der Waals surface area contributed by atoms with Crippen molar-refractivity contribution in [2.24, 2.45) is 0 Å². The average Bonchev–Trinajstić information content (AvgIpc) is 3.13. The van der Waals surface area contributed by atoms with Crippen LogP contribution in [-0.2, 0) is 32.6 Å². The van der Waals surface area contributed by atoms with Gasteiger partial charge in [0.15, 0.2) is 0 Å². The number of nitrogens with zero attached hydrogens (tertiary/aromatic N) is 2. The molecule has 0 saturated carbocycles. The van der Waals surface area contributed by atoms with Gasteiger partial charge in [-0.25, -0.2) is 12.7 Å². The number of aryl methyl sites for hydroxylation is 1. The molecule has 3 aromatic carbocycles. The quantitative estimate of drug-likeness (QED) is 0.394. The van der Waals surface area contributed by atoms with Gasteiger partial charge in [0.1, 0.15) is 10.9 Å². The van der Waals surface area contributed by atoms with Crippen LogP contribution in [0.15, 0.2) is 83.8 Å². The van der Waals surface area contributed by atoms with Gasteiger partial charge in [-0.2, -0.15) is 0 Å². The SMILES string of the molecule is CCCNC(=O)C(Cc1ccccc1)N(Cc1cccc(C)c1)C(=O)CCN1C(=O)c2ccccc2S1(=O)=O. The number of benzene rings is 3. The molecule has 1 heterocycles. The molecule has 1 aliphatic rings. The van der Waals surface area contributed by atoms with Gasteiger partial charge in [-0.15, -0.1) is 0 Å². The summed E-state index contributed by atoms with van der Waals surface area (Å²) in [4.78, 5) is 41.5. The zero-order valence-electron chi connectivity index (χ0n) is 22.2. The van der Waals surface area contributed by atoms with E-state index in [1.54, 1.807) is 12.1 Å². The van der Waals surface area contributed by atoms with Crippen molar-refractivity contribution in [3.05, 3.63) is 101 Å². The molecule has 4 rings (SSSR count). The minimum atomic E-state index is -4.04. The van der Waals surface area contributed by atoms with Crippen LogP contribution < -0.4 is 5.32 Å². The van der Waals surface area contributed by atoms with Gasteiger partial charge in [-0.1, -0.05) is 79.2 Å². The van der Waals surface area contributed by atoms with Crippen LogP contribution in [-0.4, -0.2) is 54.5 Å². The summed E-state index contributed by atoms with van der Waals surface area (Å²) in [5, 5.41) is 2.92. The smallest absolute Gasteiger partial charge is 0.269 e. The number of amides is 3. The molecule has 1 aliphatic heterocycles. The number of carbonyl (C=O) groups excluding carboxylic acids is 3. The van der Waals surface area contributed by atoms with Gasteiger partial charge in [0.05, 0.1) is 5.56 Å². The van der Waals surface area contributed by atoms with Crippen molar-refractivity contribution in [3.63, 3.8) is 0 Å². The van der Waals surface area contributed by atoms with Gasteiger partial charge in [-0.05, 0) is 36.6 Å². The fraction of sp³-hybridized carbons (Fsp3) is 0.300. The first kappa shape index (κ1) is 28.0. The van der Waals surface area contributed by atoms with E-state index in [9.17, 15) is 22.8 Å². The summed E-state index contributed by atoms with van der Waals surface area (Å²) in [5.74, 6) is -1.34. The molecule has 9 heteroatoms. The Bertz CT molecular complexity index is 1460. The average molecular weight is 548 g/mol. The molecule has 0 aromatic heterocycles. The van der Waals surface area contributed by atoms with E-state index in [2.05, 4.69) is 5.32 Å². The van der Waals surface area contributed by atoms with Crippen molar-refractivity contribution in [2.75, 3.05) is 13.1 Å². The summed E-state index contributed by atoms with van der Waals surface area (Å²) in [6.07, 6.45) is 0.780. The first-order chi connectivity index (χ1) is 18.7. The summed E-state index contributed by atoms with van der Waals surface area (Å²) in [5.41, 5.74) is 2.86. The van der Waals surface area contributed by atoms with E-state index in [-0.39, 0.29) is 35.9 Å². The molecule has 3 amide bonds. The summed E-state index contributed by atoms with van der Waals surface area (Å²) >= 11 is 0. The molecule has 204 valence electrons. The van der Waals surface area contributed by atoms with Gasteiger partial charge in [0, 0.05) is 32.5 Å². The van der Waals surface area contributed by atoms with Crippen LogP contribution in [0.5, 0.6) is 0 Å². The van der Waals surface area contributed by atoms with Crippen LogP contribution >= 0.6 is 0 Å². The van der Waals surface area contributed by atoms with Crippen LogP contribution in [0.4, 0.5) is 0 Å². The minimum Gasteiger partial charge on any atom is -0.354 e. The number of hydrogen-bond donors (Lipinski definition) is 1. The highest BCUT2D eigenvalue weighted by molar-refractivity contribution is 7.90. The molecular formula is C30H33N3O5S. The molecule has 0 fully saturated rings. The van der Waals surface area contributed by atoms with E-state index in [1.165, 1.54) is 17.0 Å². The molecule has 0 spiro atoms. The van der Waals surface area contributed by atoms with Crippen molar-refractivity contribution < 1.29 is 22.8 Å². The Labute approximate surface area is 229 Å². The monoisotopic (exact) mass is 547 g/mol. The number of nitrogens with one attached hydrogen (secondary N) is 1. The van der Waals surface area contributed by atoms with Gasteiger partial charge in [0.2, 0.25) is 11.8 Å². The van der Waals surface area contributed by atoms with E-state index in [0.717, 1.165) is 27.4 Å². The Morgan fingerprint density at radius 3 is 2.33 bits per heavy atom. The Morgan fingerprint density at radius 2 is 1.64 bits per heavy atom. The maximum absolute atomic E-state index is 13.8. The lowest BCUT2D eigenvalue weighted by Crippen LogP contribution is -2.51. The Hall–Kier alpha value is -3.98. The van der Waals surface area contributed by atoms with Crippen molar-refractivity contribution in [2.45, 2.75) is 50.6 Å². The fourth-order valence-corrected chi connectivity index (χ4v) is 6.29. The molecule has 1 N–H and O–H groups in total. The van der Waals surface area contributed by atoms with Gasteiger partial charge < -0.3 is 10.2 Å². The van der Waals surface area contributed by atoms with Crippen molar-refractivity contribution in [3.8, 4) is 0 Å². The number of sulfonamides is 1. The minimum absolute atomic E-state index is 0.0556. The van der Waals surface area contributed by atoms with E-state index in [0.29, 0.717) is 13.0 Å². The van der Waals surface area contributed by atoms with Crippen LogP contribution in [0.25, 0.3) is 0 Å². The number of carbonyl (C=O) groups is 3. The lowest BCUT2D eigenvalue weighted by Gasteiger charge is -2.32. The van der Waals surface area contributed by atoms with Crippen LogP contribution in [0, 0.1) is 6.92 Å². The Kier molecular flexibility index (Phi) is 8.81. The maximum Gasteiger partial charge on any atom is 0.269 e. The van der Waals surface area contributed by atoms with Crippen LogP contribution in [0.2, 0.25) is 0 Å². The molecule has 8 nitrogen and oxygen atoms in total. The normalized spacial score (nSPS) is 14.5. The summed E-state index contributed by atoms with van der Waals surface area (Å²) in [6.45, 7) is 4.22. The standard InChI is InChI=1S/C30H33N3O5S/c1-3-17-31-29(35)26(20-23-11-5-4-6-12-23)32(21-24-13-9-10-22(2)19-24)28(34)16-18-33-30(36)25-14-7-8-15-27(25)39(33,37)38/h4-15,19,26H,3,16-18,20-21H2,1-2H3,(H,31,35). The maximum atomic E-state index is 13.8. The highest BCUT2D eigenvalue weighted by Crippen LogP contribution is 2.30. The lowest BCUT2D eigenvalue weighted by molar-refractivity contribution is -0.141. The van der Waals surface area contributed by atoms with Gasteiger partial charge in [0.25, 0.3) is 15.9 Å². The third kappa shape index (κ3) is 6.37. The molecule has 1 unspecified atom stereocenters. The molecule has 39 heavy (non-hydrogen) atoms. The third-order valence-corrected chi connectivity index (χ3v) is 8.54. The number of fused-ring (bicyclic) bond motifs is 1. The second-order valence-corrected chi connectivity index (χ2v) is 11.5. The predicted molar refractivity (Wildman–Crippen MR) is 148 cm³/mol. The summed E-state index contributed by atoms with van der Waals surface area (Å²) < 4.78 is 26.8. The van der Waals surface area contributed by atoms with Crippen molar-refractivity contribution >= 4 is 27.7 Å². The highest BCUT2D eigenvalue weighted by atomic mass is 32.2.